The molecule has 0 aliphatic carbocycles. The van der Waals surface area contributed by atoms with E-state index < -0.39 is 0 Å². The summed E-state index contributed by atoms with van der Waals surface area (Å²) in [5, 5.41) is 2.85. The van der Waals surface area contributed by atoms with E-state index in [9.17, 15) is 4.79 Å². The van der Waals surface area contributed by atoms with Gasteiger partial charge in [-0.25, -0.2) is 0 Å². The van der Waals surface area contributed by atoms with Crippen LogP contribution in [0.25, 0.3) is 0 Å². The normalized spacial score (nSPS) is 9.61. The number of amides is 1. The van der Waals surface area contributed by atoms with Gasteiger partial charge in [0.25, 0.3) is 5.91 Å². The summed E-state index contributed by atoms with van der Waals surface area (Å²) in [6.07, 6.45) is 4.01. The predicted molar refractivity (Wildman–Crippen MR) is 76.9 cm³/mol. The Kier molecular flexibility index (Phi) is 6.12. The lowest BCUT2D eigenvalue weighted by atomic mass is 10.2. The minimum absolute atomic E-state index is 0. The lowest BCUT2D eigenvalue weighted by Gasteiger charge is -2.03. The number of nitrogens with zero attached hydrogens (tertiary/aromatic N) is 1. The van der Waals surface area contributed by atoms with Crippen molar-refractivity contribution in [2.24, 2.45) is 0 Å². The number of nitrogens with one attached hydrogen (secondary N) is 1. The van der Waals surface area contributed by atoms with Crippen molar-refractivity contribution in [1.29, 1.82) is 0 Å². The Hall–Kier alpha value is -1.10. The highest BCUT2D eigenvalue weighted by atomic mass is 35.5. The van der Waals surface area contributed by atoms with Crippen LogP contribution in [0.4, 0.5) is 0 Å². The number of halogens is 2. The number of thiophene rings is 1. The molecule has 3 nitrogen and oxygen atoms in total. The first kappa shape index (κ1) is 15.0. The van der Waals surface area contributed by atoms with Crippen molar-refractivity contribution >= 4 is 41.3 Å². The molecule has 0 aliphatic rings. The molecule has 0 fully saturated rings. The van der Waals surface area contributed by atoms with Gasteiger partial charge >= 0.3 is 0 Å². The van der Waals surface area contributed by atoms with E-state index in [2.05, 4.69) is 10.3 Å². The summed E-state index contributed by atoms with van der Waals surface area (Å²) in [5.74, 6) is -0.0740. The number of hydrogen-bond donors (Lipinski definition) is 1. The number of pyridine rings is 1. The van der Waals surface area contributed by atoms with Gasteiger partial charge in [-0.1, -0.05) is 11.6 Å². The second-order valence-electron chi connectivity index (χ2n) is 3.45. The maximum absolute atomic E-state index is 11.7. The van der Waals surface area contributed by atoms with E-state index in [4.69, 9.17) is 11.6 Å². The van der Waals surface area contributed by atoms with Gasteiger partial charge in [0.05, 0.1) is 4.34 Å². The minimum atomic E-state index is -0.0740. The molecule has 0 radical (unpaired) electrons. The molecule has 18 heavy (non-hydrogen) atoms. The molecule has 0 saturated heterocycles. The fourth-order valence-electron chi connectivity index (χ4n) is 1.39. The van der Waals surface area contributed by atoms with Crippen LogP contribution in [0.3, 0.4) is 0 Å². The van der Waals surface area contributed by atoms with Gasteiger partial charge in [0.15, 0.2) is 0 Å². The number of rotatable bonds is 4. The zero-order valence-corrected chi connectivity index (χ0v) is 11.8. The first-order chi connectivity index (χ1) is 8.25. The third kappa shape index (κ3) is 4.29. The first-order valence-electron chi connectivity index (χ1n) is 5.18. The van der Waals surface area contributed by atoms with Gasteiger partial charge in [0.2, 0.25) is 0 Å². The largest absolute Gasteiger partial charge is 0.352 e. The summed E-state index contributed by atoms with van der Waals surface area (Å²) in [4.78, 5) is 16.7. The highest BCUT2D eigenvalue weighted by Crippen LogP contribution is 2.21. The highest BCUT2D eigenvalue weighted by Gasteiger charge is 2.04. The van der Waals surface area contributed by atoms with E-state index in [0.717, 1.165) is 10.8 Å². The Morgan fingerprint density at radius 1 is 1.28 bits per heavy atom. The van der Waals surface area contributed by atoms with Crippen LogP contribution in [-0.4, -0.2) is 17.4 Å². The van der Waals surface area contributed by atoms with Gasteiger partial charge in [-0.05, 0) is 30.7 Å². The van der Waals surface area contributed by atoms with Crippen LogP contribution in [0.5, 0.6) is 0 Å². The van der Waals surface area contributed by atoms with Crippen molar-refractivity contribution in [3.63, 3.8) is 0 Å². The van der Waals surface area contributed by atoms with Crippen molar-refractivity contribution < 1.29 is 4.79 Å². The second kappa shape index (κ2) is 7.36. The van der Waals surface area contributed by atoms with Crippen LogP contribution in [0, 0.1) is 0 Å². The SMILES string of the molecule is Cl.O=C(NCCc1ccc(Cl)s1)c1ccncc1. The molecule has 0 spiro atoms. The summed E-state index contributed by atoms with van der Waals surface area (Å²) in [6, 6.07) is 7.23. The third-order valence-electron chi connectivity index (χ3n) is 2.23. The smallest absolute Gasteiger partial charge is 0.251 e. The van der Waals surface area contributed by atoms with E-state index in [0.29, 0.717) is 12.1 Å². The number of carbonyl (C=O) groups is 1. The van der Waals surface area contributed by atoms with Crippen LogP contribution < -0.4 is 5.32 Å². The van der Waals surface area contributed by atoms with E-state index in [-0.39, 0.29) is 18.3 Å². The van der Waals surface area contributed by atoms with Crippen molar-refractivity contribution in [3.8, 4) is 0 Å². The Balaban J connectivity index is 0.00000162. The zero-order chi connectivity index (χ0) is 12.1. The Morgan fingerprint density at radius 3 is 2.61 bits per heavy atom. The fourth-order valence-corrected chi connectivity index (χ4v) is 2.48. The molecule has 2 heterocycles. The molecule has 2 aromatic heterocycles. The van der Waals surface area contributed by atoms with Gasteiger partial charge in [-0.2, -0.15) is 0 Å². The molecule has 2 aromatic rings. The minimum Gasteiger partial charge on any atom is -0.352 e. The van der Waals surface area contributed by atoms with Gasteiger partial charge in [0, 0.05) is 29.4 Å². The van der Waals surface area contributed by atoms with E-state index >= 15 is 0 Å². The van der Waals surface area contributed by atoms with Crippen molar-refractivity contribution in [2.45, 2.75) is 6.42 Å². The molecular weight excluding hydrogens is 291 g/mol. The summed E-state index contributed by atoms with van der Waals surface area (Å²) >= 11 is 7.36. The lowest BCUT2D eigenvalue weighted by Crippen LogP contribution is -2.25. The summed E-state index contributed by atoms with van der Waals surface area (Å²) in [6.45, 7) is 0.609. The predicted octanol–water partition coefficient (Wildman–Crippen LogP) is 3.19. The summed E-state index contributed by atoms with van der Waals surface area (Å²) in [7, 11) is 0. The van der Waals surface area contributed by atoms with Gasteiger partial charge in [0.1, 0.15) is 0 Å². The van der Waals surface area contributed by atoms with Crippen LogP contribution in [0.1, 0.15) is 15.2 Å². The average Bonchev–Trinajstić information content (AvgIpc) is 2.76. The van der Waals surface area contributed by atoms with E-state index in [1.54, 1.807) is 24.5 Å². The number of carbonyl (C=O) groups excluding carboxylic acids is 1. The molecule has 96 valence electrons. The Bertz CT molecular complexity index is 502. The summed E-state index contributed by atoms with van der Waals surface area (Å²) in [5.41, 5.74) is 0.629. The van der Waals surface area contributed by atoms with Crippen molar-refractivity contribution in [3.05, 3.63) is 51.4 Å². The Morgan fingerprint density at radius 2 is 2.00 bits per heavy atom. The molecule has 0 bridgehead atoms. The van der Waals surface area contributed by atoms with Crippen LogP contribution in [0.15, 0.2) is 36.7 Å². The molecule has 1 amide bonds. The zero-order valence-electron chi connectivity index (χ0n) is 9.43. The number of aromatic nitrogens is 1. The standard InChI is InChI=1S/C12H11ClN2OS.ClH/c13-11-2-1-10(17-11)5-8-15-12(16)9-3-6-14-7-4-9;/h1-4,6-7H,5,8H2,(H,15,16);1H. The lowest BCUT2D eigenvalue weighted by molar-refractivity contribution is 0.0954. The quantitative estimate of drug-likeness (QED) is 0.942. The van der Waals surface area contributed by atoms with Crippen molar-refractivity contribution in [2.75, 3.05) is 6.54 Å². The molecule has 1 N–H and O–H groups in total. The molecule has 0 aromatic carbocycles. The highest BCUT2D eigenvalue weighted by molar-refractivity contribution is 7.16. The van der Waals surface area contributed by atoms with Gasteiger partial charge < -0.3 is 5.32 Å². The maximum Gasteiger partial charge on any atom is 0.251 e. The van der Waals surface area contributed by atoms with Crippen LogP contribution >= 0.6 is 35.3 Å². The topological polar surface area (TPSA) is 42.0 Å². The molecule has 0 atom stereocenters. The van der Waals surface area contributed by atoms with Gasteiger partial charge in [-0.15, -0.1) is 23.7 Å². The third-order valence-corrected chi connectivity index (χ3v) is 3.52. The molecule has 2 rings (SSSR count). The fraction of sp³-hybridized carbons (Fsp3) is 0.167. The maximum atomic E-state index is 11.7. The summed E-state index contributed by atoms with van der Waals surface area (Å²) < 4.78 is 0.778. The molecular formula is C12H12Cl2N2OS. The molecule has 0 saturated carbocycles. The van der Waals surface area contributed by atoms with Crippen LogP contribution in [0.2, 0.25) is 4.34 Å². The van der Waals surface area contributed by atoms with Gasteiger partial charge in [-0.3, -0.25) is 9.78 Å². The molecule has 0 unspecified atom stereocenters. The molecule has 6 heteroatoms. The number of hydrogen-bond acceptors (Lipinski definition) is 3. The Labute approximate surface area is 121 Å². The molecule has 0 aliphatic heterocycles. The van der Waals surface area contributed by atoms with E-state index in [1.165, 1.54) is 16.2 Å². The van der Waals surface area contributed by atoms with Crippen molar-refractivity contribution in [1.82, 2.24) is 10.3 Å². The first-order valence-corrected chi connectivity index (χ1v) is 6.37. The van der Waals surface area contributed by atoms with Crippen LogP contribution in [-0.2, 0) is 6.42 Å². The van der Waals surface area contributed by atoms with E-state index in [1.807, 2.05) is 12.1 Å². The average molecular weight is 303 g/mol. The monoisotopic (exact) mass is 302 g/mol. The second-order valence-corrected chi connectivity index (χ2v) is 5.25.